The number of hydrogen-bond donors (Lipinski definition) is 2. The molecular formula is C20H15ClN4OS2. The van der Waals surface area contributed by atoms with E-state index in [-0.39, 0.29) is 5.56 Å². The lowest BCUT2D eigenvalue weighted by Crippen LogP contribution is -2.11. The summed E-state index contributed by atoms with van der Waals surface area (Å²) >= 11 is 8.96. The van der Waals surface area contributed by atoms with Crippen LogP contribution in [-0.2, 0) is 5.75 Å². The smallest absolute Gasteiger partial charge is 0.252 e. The standard InChI is InChI=1S/C20H15ClN4OS2/c21-14-6-8-16(9-7-14)27-11-15-10-18(26)24-19(22-15)25-20-23-17(12-28-20)13-4-2-1-3-5-13/h1-10,12H,11H2,(H2,22,23,24,25,26). The van der Waals surface area contributed by atoms with Crippen molar-refractivity contribution in [2.45, 2.75) is 10.6 Å². The fraction of sp³-hybridized carbons (Fsp3) is 0.0500. The number of halogens is 1. The van der Waals surface area contributed by atoms with Gasteiger partial charge >= 0.3 is 0 Å². The van der Waals surface area contributed by atoms with Gasteiger partial charge in [0.1, 0.15) is 0 Å². The topological polar surface area (TPSA) is 70.7 Å². The third kappa shape index (κ3) is 4.81. The number of aromatic amines is 1. The van der Waals surface area contributed by atoms with Crippen LogP contribution in [-0.4, -0.2) is 15.0 Å². The van der Waals surface area contributed by atoms with Crippen molar-refractivity contribution in [2.24, 2.45) is 0 Å². The molecule has 2 aromatic carbocycles. The van der Waals surface area contributed by atoms with Crippen molar-refractivity contribution >= 4 is 45.8 Å². The molecule has 5 nitrogen and oxygen atoms in total. The van der Waals surface area contributed by atoms with Crippen molar-refractivity contribution < 1.29 is 0 Å². The molecule has 140 valence electrons. The van der Waals surface area contributed by atoms with Gasteiger partial charge in [0.2, 0.25) is 5.95 Å². The van der Waals surface area contributed by atoms with Crippen molar-refractivity contribution in [3.05, 3.63) is 87.1 Å². The van der Waals surface area contributed by atoms with Gasteiger partial charge in [-0.2, -0.15) is 0 Å². The Labute approximate surface area is 174 Å². The molecule has 0 radical (unpaired) electrons. The van der Waals surface area contributed by atoms with E-state index in [1.807, 2.05) is 60.0 Å². The Kier molecular flexibility index (Phi) is 5.76. The molecule has 2 heterocycles. The Morgan fingerprint density at radius 3 is 2.64 bits per heavy atom. The van der Waals surface area contributed by atoms with Gasteiger partial charge in [0.15, 0.2) is 5.13 Å². The Morgan fingerprint density at radius 2 is 1.86 bits per heavy atom. The number of thiazole rings is 1. The quantitative estimate of drug-likeness (QED) is 0.393. The molecule has 0 aliphatic carbocycles. The van der Waals surface area contributed by atoms with Gasteiger partial charge in [0.05, 0.1) is 11.4 Å². The van der Waals surface area contributed by atoms with Crippen LogP contribution in [0.3, 0.4) is 0 Å². The Bertz CT molecular complexity index is 1130. The maximum Gasteiger partial charge on any atom is 0.252 e. The third-order valence-corrected chi connectivity index (χ3v) is 5.85. The molecule has 4 rings (SSSR count). The van der Waals surface area contributed by atoms with Gasteiger partial charge in [-0.3, -0.25) is 9.78 Å². The van der Waals surface area contributed by atoms with Crippen molar-refractivity contribution in [1.82, 2.24) is 15.0 Å². The highest BCUT2D eigenvalue weighted by molar-refractivity contribution is 7.98. The van der Waals surface area contributed by atoms with Crippen LogP contribution in [0.4, 0.5) is 11.1 Å². The molecule has 0 amide bonds. The van der Waals surface area contributed by atoms with Gasteiger partial charge in [-0.25, -0.2) is 9.97 Å². The van der Waals surface area contributed by atoms with Gasteiger partial charge < -0.3 is 5.32 Å². The maximum atomic E-state index is 12.0. The van der Waals surface area contributed by atoms with Crippen LogP contribution in [0.25, 0.3) is 11.3 Å². The van der Waals surface area contributed by atoms with Gasteiger partial charge in [-0.1, -0.05) is 41.9 Å². The Morgan fingerprint density at radius 1 is 1.07 bits per heavy atom. The molecular weight excluding hydrogens is 412 g/mol. The van der Waals surface area contributed by atoms with E-state index < -0.39 is 0 Å². The maximum absolute atomic E-state index is 12.0. The molecule has 2 aromatic heterocycles. The molecule has 0 aliphatic rings. The zero-order valence-electron chi connectivity index (χ0n) is 14.6. The third-order valence-electron chi connectivity index (χ3n) is 3.79. The molecule has 8 heteroatoms. The molecule has 0 atom stereocenters. The first-order chi connectivity index (χ1) is 13.7. The summed E-state index contributed by atoms with van der Waals surface area (Å²) in [7, 11) is 0. The molecule has 0 aliphatic heterocycles. The predicted molar refractivity (Wildman–Crippen MR) is 117 cm³/mol. The number of benzene rings is 2. The second kappa shape index (κ2) is 8.60. The van der Waals surface area contributed by atoms with Crippen LogP contribution >= 0.6 is 34.7 Å². The molecule has 4 aromatic rings. The molecule has 0 bridgehead atoms. The summed E-state index contributed by atoms with van der Waals surface area (Å²) in [4.78, 5) is 24.8. The number of H-pyrrole nitrogens is 1. The summed E-state index contributed by atoms with van der Waals surface area (Å²) in [6.07, 6.45) is 0. The van der Waals surface area contributed by atoms with Crippen molar-refractivity contribution in [2.75, 3.05) is 5.32 Å². The van der Waals surface area contributed by atoms with E-state index in [9.17, 15) is 4.79 Å². The van der Waals surface area contributed by atoms with E-state index in [0.717, 1.165) is 16.2 Å². The lowest BCUT2D eigenvalue weighted by molar-refractivity contribution is 1.06. The fourth-order valence-electron chi connectivity index (χ4n) is 2.50. The summed E-state index contributed by atoms with van der Waals surface area (Å²) in [5, 5.41) is 6.43. The van der Waals surface area contributed by atoms with Gasteiger partial charge in [0.25, 0.3) is 5.56 Å². The van der Waals surface area contributed by atoms with Crippen LogP contribution in [0.1, 0.15) is 5.69 Å². The highest BCUT2D eigenvalue weighted by atomic mass is 35.5. The number of aromatic nitrogens is 3. The van der Waals surface area contributed by atoms with E-state index in [1.54, 1.807) is 11.8 Å². The van der Waals surface area contributed by atoms with Crippen LogP contribution in [0.5, 0.6) is 0 Å². The number of thioether (sulfide) groups is 1. The second-order valence-corrected chi connectivity index (χ2v) is 8.20. The molecule has 0 fully saturated rings. The van der Waals surface area contributed by atoms with E-state index in [0.29, 0.717) is 27.5 Å². The summed E-state index contributed by atoms with van der Waals surface area (Å²) < 4.78 is 0. The zero-order chi connectivity index (χ0) is 19.3. The van der Waals surface area contributed by atoms with Crippen molar-refractivity contribution in [3.8, 4) is 11.3 Å². The second-order valence-electron chi connectivity index (χ2n) is 5.86. The Hall–Kier alpha value is -2.61. The number of rotatable bonds is 6. The van der Waals surface area contributed by atoms with E-state index in [1.165, 1.54) is 17.4 Å². The number of hydrogen-bond acceptors (Lipinski definition) is 6. The summed E-state index contributed by atoms with van der Waals surface area (Å²) in [5.74, 6) is 0.959. The average molecular weight is 427 g/mol. The average Bonchev–Trinajstić information content (AvgIpc) is 3.16. The number of anilines is 2. The van der Waals surface area contributed by atoms with Crippen LogP contribution in [0, 0.1) is 0 Å². The Balaban J connectivity index is 1.47. The molecule has 0 saturated heterocycles. The largest absolute Gasteiger partial charge is 0.302 e. The normalized spacial score (nSPS) is 10.8. The minimum absolute atomic E-state index is 0.205. The van der Waals surface area contributed by atoms with Crippen LogP contribution in [0.2, 0.25) is 5.02 Å². The molecule has 28 heavy (non-hydrogen) atoms. The number of nitrogens with one attached hydrogen (secondary N) is 2. The molecule has 0 unspecified atom stereocenters. The van der Waals surface area contributed by atoms with E-state index in [4.69, 9.17) is 11.6 Å². The first-order valence-corrected chi connectivity index (χ1v) is 10.7. The van der Waals surface area contributed by atoms with Crippen LogP contribution in [0.15, 0.2) is 75.7 Å². The minimum atomic E-state index is -0.205. The fourth-order valence-corrected chi connectivity index (χ4v) is 4.14. The van der Waals surface area contributed by atoms with Gasteiger partial charge in [-0.05, 0) is 24.3 Å². The summed E-state index contributed by atoms with van der Waals surface area (Å²) in [6.45, 7) is 0. The lowest BCUT2D eigenvalue weighted by Gasteiger charge is -2.05. The van der Waals surface area contributed by atoms with E-state index >= 15 is 0 Å². The number of nitrogens with zero attached hydrogens (tertiary/aromatic N) is 2. The minimum Gasteiger partial charge on any atom is -0.302 e. The van der Waals surface area contributed by atoms with Crippen molar-refractivity contribution in [3.63, 3.8) is 0 Å². The lowest BCUT2D eigenvalue weighted by atomic mass is 10.2. The SMILES string of the molecule is O=c1cc(CSc2ccc(Cl)cc2)nc(Nc2nc(-c3ccccc3)cs2)[nH]1. The predicted octanol–water partition coefficient (Wildman–Crippen LogP) is 5.58. The first kappa shape index (κ1) is 18.7. The van der Waals surface area contributed by atoms with Crippen molar-refractivity contribution in [1.29, 1.82) is 0 Å². The summed E-state index contributed by atoms with van der Waals surface area (Å²) in [6, 6.07) is 19.0. The monoisotopic (exact) mass is 426 g/mol. The highest BCUT2D eigenvalue weighted by Gasteiger charge is 2.07. The molecule has 2 N–H and O–H groups in total. The summed E-state index contributed by atoms with van der Waals surface area (Å²) in [5.41, 5.74) is 2.40. The van der Waals surface area contributed by atoms with Crippen LogP contribution < -0.4 is 10.9 Å². The zero-order valence-corrected chi connectivity index (χ0v) is 16.9. The van der Waals surface area contributed by atoms with Gasteiger partial charge in [-0.15, -0.1) is 23.1 Å². The molecule has 0 saturated carbocycles. The van der Waals surface area contributed by atoms with Gasteiger partial charge in [0, 0.05) is 32.7 Å². The molecule has 0 spiro atoms. The van der Waals surface area contributed by atoms with E-state index in [2.05, 4.69) is 20.3 Å². The first-order valence-electron chi connectivity index (χ1n) is 8.42. The highest BCUT2D eigenvalue weighted by Crippen LogP contribution is 2.27.